The Kier molecular flexibility index (Phi) is 6.03. The van der Waals surface area contributed by atoms with Crippen molar-refractivity contribution in [3.05, 3.63) is 11.5 Å². The molecule has 0 unspecified atom stereocenters. The Morgan fingerprint density at radius 1 is 1.55 bits per heavy atom. The van der Waals surface area contributed by atoms with Crippen molar-refractivity contribution in [2.75, 3.05) is 19.1 Å². The minimum absolute atomic E-state index is 0.144. The fourth-order valence-electron chi connectivity index (χ4n) is 0.557. The van der Waals surface area contributed by atoms with Crippen molar-refractivity contribution in [3.8, 4) is 0 Å². The lowest BCUT2D eigenvalue weighted by molar-refractivity contribution is -0.142. The van der Waals surface area contributed by atoms with E-state index in [4.69, 9.17) is 4.74 Å². The van der Waals surface area contributed by atoms with Crippen molar-refractivity contribution in [2.45, 2.75) is 13.3 Å². The molecule has 0 aromatic heterocycles. The summed E-state index contributed by atoms with van der Waals surface area (Å²) in [7, 11) is 0.276. The van der Waals surface area contributed by atoms with Gasteiger partial charge in [0, 0.05) is 10.9 Å². The van der Waals surface area contributed by atoms with Crippen LogP contribution in [0.4, 0.5) is 0 Å². The van der Waals surface area contributed by atoms with E-state index in [0.717, 1.165) is 0 Å². The molecule has 2 nitrogen and oxygen atoms in total. The smallest absolute Gasteiger partial charge is 0.309 e. The van der Waals surface area contributed by atoms with Gasteiger partial charge in [0.05, 0.1) is 13.0 Å². The van der Waals surface area contributed by atoms with Gasteiger partial charge < -0.3 is 4.74 Å². The number of carbonyl (C=O) groups excluding carboxylic acids is 1. The summed E-state index contributed by atoms with van der Waals surface area (Å²) >= 11 is 0. The van der Waals surface area contributed by atoms with Gasteiger partial charge in [0.25, 0.3) is 0 Å². The first-order chi connectivity index (χ1) is 5.16. The van der Waals surface area contributed by atoms with E-state index in [-0.39, 0.29) is 16.9 Å². The Morgan fingerprint density at radius 3 is 2.64 bits per heavy atom. The Morgan fingerprint density at radius 2 is 2.18 bits per heavy atom. The van der Waals surface area contributed by atoms with Crippen LogP contribution in [0.1, 0.15) is 13.3 Å². The van der Waals surface area contributed by atoms with Gasteiger partial charge in [-0.2, -0.15) is 0 Å². The molecule has 0 aliphatic heterocycles. The highest BCUT2D eigenvalue weighted by Crippen LogP contribution is 1.92. The quantitative estimate of drug-likeness (QED) is 0.476. The summed E-state index contributed by atoms with van der Waals surface area (Å²) in [5, 5.41) is 2.02. The van der Waals surface area contributed by atoms with Crippen LogP contribution >= 0.6 is 0 Å². The van der Waals surface area contributed by atoms with E-state index in [0.29, 0.717) is 13.0 Å². The highest BCUT2D eigenvalue weighted by molar-refractivity contribution is 7.98. The Balaban J connectivity index is 3.45. The maximum Gasteiger partial charge on any atom is 0.309 e. The van der Waals surface area contributed by atoms with E-state index in [1.54, 1.807) is 0 Å². The van der Waals surface area contributed by atoms with Crippen molar-refractivity contribution >= 4 is 16.9 Å². The first-order valence-electron chi connectivity index (χ1n) is 3.55. The predicted octanol–water partition coefficient (Wildman–Crippen LogP) is 1.33. The largest absolute Gasteiger partial charge is 0.466 e. The number of hydrogen-bond acceptors (Lipinski definition) is 2. The molecule has 64 valence electrons. The lowest BCUT2D eigenvalue weighted by Gasteiger charge is -1.95. The van der Waals surface area contributed by atoms with E-state index in [2.05, 4.69) is 12.5 Å². The minimum atomic E-state index is -0.144. The number of hydrogen-bond donors (Lipinski definition) is 0. The summed E-state index contributed by atoms with van der Waals surface area (Å²) in [6.45, 7) is 2.28. The molecule has 3 heteroatoms. The van der Waals surface area contributed by atoms with Crippen LogP contribution in [0.5, 0.6) is 0 Å². The van der Waals surface area contributed by atoms with E-state index in [9.17, 15) is 4.79 Å². The molecule has 0 bridgehead atoms. The van der Waals surface area contributed by atoms with Crippen LogP contribution in [-0.2, 0) is 20.4 Å². The molecule has 0 atom stereocenters. The van der Waals surface area contributed by atoms with Crippen molar-refractivity contribution < 1.29 is 9.53 Å². The summed E-state index contributed by atoms with van der Waals surface area (Å²) in [5.41, 5.74) is 0. The summed E-state index contributed by atoms with van der Waals surface area (Å²) < 4.78 is 4.74. The fraction of sp³-hybridized carbons (Fsp3) is 0.625. The average Bonchev–Trinajstić information content (AvgIpc) is 1.87. The van der Waals surface area contributed by atoms with Gasteiger partial charge >= 0.3 is 5.97 Å². The number of rotatable bonds is 4. The zero-order valence-electron chi connectivity index (χ0n) is 7.29. The van der Waals surface area contributed by atoms with Gasteiger partial charge in [-0.3, -0.25) is 4.79 Å². The molecule has 0 fully saturated rings. The molecule has 0 aromatic carbocycles. The zero-order valence-corrected chi connectivity index (χ0v) is 8.11. The van der Waals surface area contributed by atoms with Gasteiger partial charge in [0.15, 0.2) is 0 Å². The maximum absolute atomic E-state index is 10.8. The predicted molar refractivity (Wildman–Crippen MR) is 49.6 cm³/mol. The standard InChI is InChI=1S/C8H15O2S/c1-4-10-8(9)6-5-7-11(2)3/h5,7H,4,6H2,1-3H3/q+1/b7-5+. The first kappa shape index (κ1) is 10.6. The molecule has 0 heterocycles. The molecule has 0 N–H and O–H groups in total. The number of esters is 1. The molecule has 0 spiro atoms. The SMILES string of the molecule is CCOC(=O)C/C=C/[S+](C)C. The Bertz CT molecular complexity index is 141. The normalized spacial score (nSPS) is 10.9. The molecule has 0 aliphatic rings. The second kappa shape index (κ2) is 6.28. The molecule has 0 aliphatic carbocycles. The minimum Gasteiger partial charge on any atom is -0.466 e. The van der Waals surface area contributed by atoms with Crippen LogP contribution in [0.2, 0.25) is 0 Å². The molecule has 11 heavy (non-hydrogen) atoms. The molecular formula is C8H15O2S+. The van der Waals surface area contributed by atoms with Crippen LogP contribution in [0.3, 0.4) is 0 Å². The van der Waals surface area contributed by atoms with E-state index >= 15 is 0 Å². The van der Waals surface area contributed by atoms with Gasteiger partial charge in [-0.15, -0.1) is 0 Å². The molecule has 0 rings (SSSR count). The Labute approximate surface area is 71.0 Å². The summed E-state index contributed by atoms with van der Waals surface area (Å²) in [4.78, 5) is 10.8. The van der Waals surface area contributed by atoms with Crippen molar-refractivity contribution in [3.63, 3.8) is 0 Å². The lowest BCUT2D eigenvalue weighted by Crippen LogP contribution is -2.01. The highest BCUT2D eigenvalue weighted by Gasteiger charge is 1.98. The number of carbonyl (C=O) groups is 1. The monoisotopic (exact) mass is 175 g/mol. The van der Waals surface area contributed by atoms with Gasteiger partial charge in [-0.05, 0) is 13.0 Å². The summed E-state index contributed by atoms with van der Waals surface area (Å²) in [6.07, 6.45) is 6.46. The molecular weight excluding hydrogens is 160 g/mol. The number of ether oxygens (including phenoxy) is 1. The van der Waals surface area contributed by atoms with Crippen LogP contribution in [0.25, 0.3) is 0 Å². The van der Waals surface area contributed by atoms with Crippen LogP contribution in [-0.4, -0.2) is 25.1 Å². The van der Waals surface area contributed by atoms with Crippen molar-refractivity contribution in [2.24, 2.45) is 0 Å². The maximum atomic E-state index is 10.8. The van der Waals surface area contributed by atoms with E-state index < -0.39 is 0 Å². The van der Waals surface area contributed by atoms with E-state index in [1.165, 1.54) is 0 Å². The van der Waals surface area contributed by atoms with E-state index in [1.807, 2.05) is 18.4 Å². The highest BCUT2D eigenvalue weighted by atomic mass is 32.2. The van der Waals surface area contributed by atoms with Gasteiger partial charge in [0.2, 0.25) is 0 Å². The third-order valence-electron chi connectivity index (χ3n) is 0.958. The first-order valence-corrected chi connectivity index (χ1v) is 5.66. The summed E-state index contributed by atoms with van der Waals surface area (Å²) in [5.74, 6) is -0.144. The second-order valence-electron chi connectivity index (χ2n) is 2.26. The van der Waals surface area contributed by atoms with Crippen LogP contribution in [0, 0.1) is 0 Å². The summed E-state index contributed by atoms with van der Waals surface area (Å²) in [6, 6.07) is 0. The topological polar surface area (TPSA) is 26.3 Å². The van der Waals surface area contributed by atoms with Gasteiger partial charge in [-0.25, -0.2) is 0 Å². The van der Waals surface area contributed by atoms with Crippen LogP contribution in [0.15, 0.2) is 11.5 Å². The van der Waals surface area contributed by atoms with Gasteiger partial charge in [0.1, 0.15) is 17.9 Å². The third-order valence-corrected chi connectivity index (χ3v) is 1.70. The third kappa shape index (κ3) is 7.46. The van der Waals surface area contributed by atoms with Crippen molar-refractivity contribution in [1.29, 1.82) is 0 Å². The molecule has 0 saturated heterocycles. The molecule has 0 saturated carbocycles. The average molecular weight is 175 g/mol. The fourth-order valence-corrected chi connectivity index (χ4v) is 1.04. The lowest BCUT2D eigenvalue weighted by atomic mass is 10.4. The second-order valence-corrected chi connectivity index (χ2v) is 4.29. The van der Waals surface area contributed by atoms with Gasteiger partial charge in [-0.1, -0.05) is 0 Å². The molecule has 0 aromatic rings. The molecule has 0 amide bonds. The Hall–Kier alpha value is -0.440. The zero-order chi connectivity index (χ0) is 8.69. The molecule has 0 radical (unpaired) electrons. The van der Waals surface area contributed by atoms with Crippen LogP contribution < -0.4 is 0 Å². The van der Waals surface area contributed by atoms with Crippen molar-refractivity contribution in [1.82, 2.24) is 0 Å².